The Balaban J connectivity index is 2.10. The first-order valence-electron chi connectivity index (χ1n) is 7.23. The van der Waals surface area contributed by atoms with Gasteiger partial charge in [0.2, 0.25) is 0 Å². The quantitative estimate of drug-likeness (QED) is 0.781. The van der Waals surface area contributed by atoms with Gasteiger partial charge in [-0.05, 0) is 31.7 Å². The second-order valence-electron chi connectivity index (χ2n) is 5.74. The summed E-state index contributed by atoms with van der Waals surface area (Å²) in [7, 11) is 1.97. The predicted octanol–water partition coefficient (Wildman–Crippen LogP) is 1.89. The van der Waals surface area contributed by atoms with Crippen molar-refractivity contribution in [3.05, 3.63) is 28.3 Å². The Morgan fingerprint density at radius 3 is 2.68 bits per heavy atom. The number of hydrogen-bond acceptors (Lipinski definition) is 2. The van der Waals surface area contributed by atoms with Crippen LogP contribution in [0.3, 0.4) is 0 Å². The molecule has 0 amide bonds. The molecule has 4 heteroatoms. The second-order valence-corrected chi connectivity index (χ2v) is 5.74. The average Bonchev–Trinajstić information content (AvgIpc) is 3.11. The molecule has 0 spiro atoms. The van der Waals surface area contributed by atoms with Gasteiger partial charge in [0.05, 0.1) is 5.69 Å². The third kappa shape index (κ3) is 1.43. The Hall–Kier alpha value is -1.71. The van der Waals surface area contributed by atoms with Crippen LogP contribution in [0.5, 0.6) is 0 Å². The summed E-state index contributed by atoms with van der Waals surface area (Å²) in [6, 6.07) is 2.11. The van der Waals surface area contributed by atoms with Crippen LogP contribution in [0.2, 0.25) is 0 Å². The van der Waals surface area contributed by atoms with Crippen molar-refractivity contribution in [3.8, 4) is 0 Å². The molecule has 0 N–H and O–H groups in total. The van der Waals surface area contributed by atoms with Crippen LogP contribution in [0, 0.1) is 0 Å². The maximum atomic E-state index is 12.6. The summed E-state index contributed by atoms with van der Waals surface area (Å²) in [6.07, 6.45) is 6.71. The van der Waals surface area contributed by atoms with E-state index in [1.165, 1.54) is 24.2 Å². The number of fused-ring (bicyclic) bond motifs is 2. The number of hydrogen-bond donors (Lipinski definition) is 0. The fourth-order valence-electron chi connectivity index (χ4n) is 3.71. The van der Waals surface area contributed by atoms with Gasteiger partial charge >= 0.3 is 0 Å². The van der Waals surface area contributed by atoms with Crippen LogP contribution in [0.15, 0.2) is 17.1 Å². The van der Waals surface area contributed by atoms with Gasteiger partial charge < -0.3 is 14.0 Å². The maximum Gasteiger partial charge on any atom is 0.275 e. The number of pyridine rings is 1. The summed E-state index contributed by atoms with van der Waals surface area (Å²) in [4.78, 5) is 15.1. The maximum absolute atomic E-state index is 12.6. The second kappa shape index (κ2) is 3.89. The Kier molecular flexibility index (Phi) is 2.28. The van der Waals surface area contributed by atoms with Crippen LogP contribution in [-0.2, 0) is 20.0 Å². The molecule has 4 nitrogen and oxygen atoms in total. The molecule has 0 saturated carbocycles. The van der Waals surface area contributed by atoms with Crippen molar-refractivity contribution in [3.63, 3.8) is 0 Å². The van der Waals surface area contributed by atoms with E-state index in [4.69, 9.17) is 0 Å². The number of anilines is 1. The lowest BCUT2D eigenvalue weighted by atomic mass is 10.1. The fraction of sp³-hybridized carbons (Fsp3) is 0.533. The van der Waals surface area contributed by atoms with Crippen LogP contribution in [0.1, 0.15) is 25.0 Å². The molecule has 0 aromatic carbocycles. The molecule has 2 aromatic rings. The van der Waals surface area contributed by atoms with E-state index in [1.807, 2.05) is 22.4 Å². The van der Waals surface area contributed by atoms with E-state index < -0.39 is 0 Å². The van der Waals surface area contributed by atoms with E-state index in [-0.39, 0.29) is 5.56 Å². The largest absolute Gasteiger partial charge is 0.370 e. The molecule has 2 aromatic heterocycles. The van der Waals surface area contributed by atoms with Crippen molar-refractivity contribution in [2.75, 3.05) is 18.0 Å². The highest BCUT2D eigenvalue weighted by Gasteiger charge is 2.26. The summed E-state index contributed by atoms with van der Waals surface area (Å²) in [5.41, 5.74) is 3.67. The highest BCUT2D eigenvalue weighted by molar-refractivity contribution is 5.94. The third-order valence-corrected chi connectivity index (χ3v) is 4.59. The Labute approximate surface area is 112 Å². The van der Waals surface area contributed by atoms with E-state index in [0.717, 1.165) is 43.4 Å². The van der Waals surface area contributed by atoms with Gasteiger partial charge in [0.1, 0.15) is 5.52 Å². The average molecular weight is 257 g/mol. The van der Waals surface area contributed by atoms with Gasteiger partial charge in [0, 0.05) is 44.0 Å². The van der Waals surface area contributed by atoms with E-state index in [0.29, 0.717) is 0 Å². The Morgan fingerprint density at radius 1 is 1.11 bits per heavy atom. The number of aryl methyl sites for hydroxylation is 1. The minimum absolute atomic E-state index is 0.193. The smallest absolute Gasteiger partial charge is 0.275 e. The van der Waals surface area contributed by atoms with Crippen molar-refractivity contribution in [2.24, 2.45) is 7.05 Å². The Bertz CT molecular complexity index is 704. The molecule has 1 fully saturated rings. The van der Waals surface area contributed by atoms with Gasteiger partial charge in [-0.15, -0.1) is 0 Å². The van der Waals surface area contributed by atoms with E-state index in [1.54, 1.807) is 0 Å². The molecule has 19 heavy (non-hydrogen) atoms. The number of aromatic nitrogens is 2. The van der Waals surface area contributed by atoms with Crippen molar-refractivity contribution in [1.29, 1.82) is 0 Å². The zero-order valence-corrected chi connectivity index (χ0v) is 11.4. The highest BCUT2D eigenvalue weighted by atomic mass is 16.1. The van der Waals surface area contributed by atoms with Crippen LogP contribution in [-0.4, -0.2) is 22.2 Å². The van der Waals surface area contributed by atoms with Gasteiger partial charge in [0.25, 0.3) is 5.56 Å². The minimum Gasteiger partial charge on any atom is -0.370 e. The van der Waals surface area contributed by atoms with E-state index in [2.05, 4.69) is 11.0 Å². The van der Waals surface area contributed by atoms with Crippen molar-refractivity contribution in [2.45, 2.75) is 32.2 Å². The molecule has 0 atom stereocenters. The topological polar surface area (TPSA) is 30.2 Å². The molecular formula is C15H19N3O. The fourth-order valence-corrected chi connectivity index (χ4v) is 3.71. The van der Waals surface area contributed by atoms with Gasteiger partial charge in [-0.3, -0.25) is 4.79 Å². The van der Waals surface area contributed by atoms with Gasteiger partial charge in [-0.2, -0.15) is 0 Å². The molecule has 4 heterocycles. The van der Waals surface area contributed by atoms with E-state index in [9.17, 15) is 4.79 Å². The molecule has 0 aliphatic carbocycles. The molecule has 0 radical (unpaired) electrons. The monoisotopic (exact) mass is 257 g/mol. The molecule has 0 unspecified atom stereocenters. The molecular weight excluding hydrogens is 238 g/mol. The van der Waals surface area contributed by atoms with Crippen molar-refractivity contribution in [1.82, 2.24) is 9.13 Å². The van der Waals surface area contributed by atoms with Crippen LogP contribution >= 0.6 is 0 Å². The summed E-state index contributed by atoms with van der Waals surface area (Å²) in [5, 5.41) is 1.16. The number of nitrogens with zero attached hydrogens (tertiary/aromatic N) is 3. The van der Waals surface area contributed by atoms with Gasteiger partial charge in [-0.1, -0.05) is 0 Å². The van der Waals surface area contributed by atoms with E-state index >= 15 is 0 Å². The lowest BCUT2D eigenvalue weighted by Gasteiger charge is -2.23. The van der Waals surface area contributed by atoms with Crippen LogP contribution in [0.4, 0.5) is 5.69 Å². The molecule has 1 saturated heterocycles. The first kappa shape index (κ1) is 11.1. The van der Waals surface area contributed by atoms with Gasteiger partial charge in [0.15, 0.2) is 0 Å². The summed E-state index contributed by atoms with van der Waals surface area (Å²) >= 11 is 0. The minimum atomic E-state index is 0.193. The molecule has 0 bridgehead atoms. The number of rotatable bonds is 1. The summed E-state index contributed by atoms with van der Waals surface area (Å²) in [5.74, 6) is 0. The first-order valence-corrected chi connectivity index (χ1v) is 7.23. The predicted molar refractivity (Wildman–Crippen MR) is 76.9 cm³/mol. The van der Waals surface area contributed by atoms with Crippen LogP contribution < -0.4 is 10.5 Å². The summed E-state index contributed by atoms with van der Waals surface area (Å²) in [6.45, 7) is 3.15. The highest BCUT2D eigenvalue weighted by Crippen LogP contribution is 2.34. The molecule has 4 rings (SSSR count). The standard InChI is InChI=1S/C15H19N3O/c1-16-10-6-11-13(17-7-2-3-8-17)12-5-4-9-18(12)15(19)14(11)16/h6,10H,2-5,7-9H2,1H3. The SMILES string of the molecule is Cn1ccc2c(N3CCCC3)c3n(c(=O)c21)CCC3. The van der Waals surface area contributed by atoms with Crippen molar-refractivity contribution >= 4 is 16.6 Å². The molecule has 2 aliphatic rings. The summed E-state index contributed by atoms with van der Waals surface area (Å²) < 4.78 is 3.98. The molecule has 100 valence electrons. The lowest BCUT2D eigenvalue weighted by molar-refractivity contribution is 0.721. The first-order chi connectivity index (χ1) is 9.27. The Morgan fingerprint density at radius 2 is 1.89 bits per heavy atom. The zero-order valence-electron chi connectivity index (χ0n) is 11.4. The molecule has 2 aliphatic heterocycles. The zero-order chi connectivity index (χ0) is 13.0. The van der Waals surface area contributed by atoms with Crippen molar-refractivity contribution < 1.29 is 0 Å². The normalized spacial score (nSPS) is 18.5. The lowest BCUT2D eigenvalue weighted by Crippen LogP contribution is -2.27. The third-order valence-electron chi connectivity index (χ3n) is 4.59. The van der Waals surface area contributed by atoms with Gasteiger partial charge in [-0.25, -0.2) is 0 Å². The van der Waals surface area contributed by atoms with Crippen LogP contribution in [0.25, 0.3) is 10.9 Å².